The summed E-state index contributed by atoms with van der Waals surface area (Å²) in [6.07, 6.45) is 2.54. The summed E-state index contributed by atoms with van der Waals surface area (Å²) >= 11 is 1.86. The molecule has 1 saturated heterocycles. The van der Waals surface area contributed by atoms with E-state index in [9.17, 15) is 0 Å². The van der Waals surface area contributed by atoms with Gasteiger partial charge in [-0.15, -0.1) is 11.3 Å². The van der Waals surface area contributed by atoms with Gasteiger partial charge in [0, 0.05) is 30.6 Å². The first-order chi connectivity index (χ1) is 10.5. The molecule has 0 unspecified atom stereocenters. The van der Waals surface area contributed by atoms with E-state index in [2.05, 4.69) is 58.8 Å². The maximum absolute atomic E-state index is 4.31. The molecule has 1 aromatic rings. The summed E-state index contributed by atoms with van der Waals surface area (Å²) in [5, 5.41) is 9.06. The fourth-order valence-electron chi connectivity index (χ4n) is 2.75. The molecule has 1 aliphatic rings. The van der Waals surface area contributed by atoms with Crippen LogP contribution in [0.2, 0.25) is 0 Å². The van der Waals surface area contributed by atoms with E-state index < -0.39 is 0 Å². The van der Waals surface area contributed by atoms with Gasteiger partial charge in [-0.2, -0.15) is 0 Å². The van der Waals surface area contributed by atoms with Gasteiger partial charge in [-0.1, -0.05) is 6.07 Å². The Morgan fingerprint density at radius 1 is 1.36 bits per heavy atom. The van der Waals surface area contributed by atoms with E-state index in [1.807, 2.05) is 18.4 Å². The van der Waals surface area contributed by atoms with Crippen LogP contribution in [0.5, 0.6) is 0 Å². The smallest absolute Gasteiger partial charge is 0.191 e. The highest BCUT2D eigenvalue weighted by Crippen LogP contribution is 2.20. The van der Waals surface area contributed by atoms with Crippen LogP contribution in [-0.4, -0.2) is 43.1 Å². The molecule has 124 valence electrons. The second-order valence-corrected chi connectivity index (χ2v) is 8.16. The summed E-state index contributed by atoms with van der Waals surface area (Å²) in [5.41, 5.74) is 0.0475. The Morgan fingerprint density at radius 2 is 2.09 bits per heavy atom. The van der Waals surface area contributed by atoms with E-state index >= 15 is 0 Å². The first kappa shape index (κ1) is 17.3. The third kappa shape index (κ3) is 5.97. The van der Waals surface area contributed by atoms with Crippen molar-refractivity contribution in [1.82, 2.24) is 15.5 Å². The van der Waals surface area contributed by atoms with Crippen LogP contribution >= 0.6 is 11.3 Å². The molecule has 0 spiro atoms. The Balaban J connectivity index is 1.69. The van der Waals surface area contributed by atoms with Gasteiger partial charge in [-0.3, -0.25) is 9.89 Å². The number of guanidine groups is 1. The topological polar surface area (TPSA) is 39.7 Å². The fourth-order valence-corrected chi connectivity index (χ4v) is 3.49. The minimum Gasteiger partial charge on any atom is -0.356 e. The van der Waals surface area contributed by atoms with Gasteiger partial charge in [0.25, 0.3) is 0 Å². The zero-order valence-corrected chi connectivity index (χ0v) is 15.2. The maximum atomic E-state index is 4.31. The molecule has 0 amide bonds. The lowest BCUT2D eigenvalue weighted by molar-refractivity contribution is 0.179. The Morgan fingerprint density at radius 3 is 2.64 bits per heavy atom. The molecule has 1 aliphatic heterocycles. The van der Waals surface area contributed by atoms with Crippen molar-refractivity contribution in [1.29, 1.82) is 0 Å². The zero-order valence-electron chi connectivity index (χ0n) is 14.4. The van der Waals surface area contributed by atoms with Crippen molar-refractivity contribution in [3.8, 4) is 0 Å². The molecule has 0 aliphatic carbocycles. The average Bonchev–Trinajstić information content (AvgIpc) is 2.97. The summed E-state index contributed by atoms with van der Waals surface area (Å²) in [7, 11) is 1.84. The monoisotopic (exact) mass is 322 g/mol. The SMILES string of the molecule is CN=C(NCC1CCN(Cc2cccs2)CC1)NC(C)(C)C. The summed E-state index contributed by atoms with van der Waals surface area (Å²) < 4.78 is 0. The van der Waals surface area contributed by atoms with Gasteiger partial charge < -0.3 is 10.6 Å². The molecule has 2 heterocycles. The van der Waals surface area contributed by atoms with E-state index in [0.29, 0.717) is 0 Å². The van der Waals surface area contributed by atoms with Crippen molar-refractivity contribution in [3.63, 3.8) is 0 Å². The van der Waals surface area contributed by atoms with Crippen LogP contribution in [0.25, 0.3) is 0 Å². The first-order valence-electron chi connectivity index (χ1n) is 8.20. The standard InChI is InChI=1S/C17H30N4S/c1-17(2,3)20-16(18-4)19-12-14-7-9-21(10-8-14)13-15-6-5-11-22-15/h5-6,11,14H,7-10,12-13H2,1-4H3,(H2,18,19,20). The molecular weight excluding hydrogens is 292 g/mol. The van der Waals surface area contributed by atoms with Crippen molar-refractivity contribution >= 4 is 17.3 Å². The third-order valence-corrected chi connectivity index (χ3v) is 4.80. The summed E-state index contributed by atoms with van der Waals surface area (Å²) in [6.45, 7) is 11.0. The quantitative estimate of drug-likeness (QED) is 0.661. The summed E-state index contributed by atoms with van der Waals surface area (Å²) in [4.78, 5) is 8.36. The van der Waals surface area contributed by atoms with E-state index in [0.717, 1.165) is 25.0 Å². The van der Waals surface area contributed by atoms with Gasteiger partial charge in [0.05, 0.1) is 0 Å². The number of piperidine rings is 1. The van der Waals surface area contributed by atoms with Crippen LogP contribution in [0.4, 0.5) is 0 Å². The normalized spacial score (nSPS) is 18.5. The lowest BCUT2D eigenvalue weighted by atomic mass is 9.97. The molecule has 0 radical (unpaired) electrons. The molecule has 0 aromatic carbocycles. The molecule has 1 aromatic heterocycles. The van der Waals surface area contributed by atoms with Gasteiger partial charge in [-0.05, 0) is 64.1 Å². The van der Waals surface area contributed by atoms with E-state index in [1.165, 1.54) is 30.8 Å². The van der Waals surface area contributed by atoms with E-state index in [1.54, 1.807) is 0 Å². The lowest BCUT2D eigenvalue weighted by Crippen LogP contribution is -2.49. The molecular formula is C17H30N4S. The van der Waals surface area contributed by atoms with Crippen molar-refractivity contribution in [2.75, 3.05) is 26.7 Å². The maximum Gasteiger partial charge on any atom is 0.191 e. The van der Waals surface area contributed by atoms with Crippen molar-refractivity contribution in [2.24, 2.45) is 10.9 Å². The number of hydrogen-bond donors (Lipinski definition) is 2. The molecule has 1 fully saturated rings. The van der Waals surface area contributed by atoms with E-state index in [4.69, 9.17) is 0 Å². The van der Waals surface area contributed by atoms with Gasteiger partial charge >= 0.3 is 0 Å². The minimum atomic E-state index is 0.0475. The van der Waals surface area contributed by atoms with E-state index in [-0.39, 0.29) is 5.54 Å². The lowest BCUT2D eigenvalue weighted by Gasteiger charge is -2.32. The van der Waals surface area contributed by atoms with Crippen LogP contribution in [0.3, 0.4) is 0 Å². The van der Waals surface area contributed by atoms with Crippen LogP contribution in [0, 0.1) is 5.92 Å². The highest BCUT2D eigenvalue weighted by atomic mass is 32.1. The molecule has 2 N–H and O–H groups in total. The molecule has 2 rings (SSSR count). The molecule has 0 atom stereocenters. The van der Waals surface area contributed by atoms with Crippen LogP contribution < -0.4 is 10.6 Å². The highest BCUT2D eigenvalue weighted by Gasteiger charge is 2.20. The van der Waals surface area contributed by atoms with Crippen LogP contribution in [0.1, 0.15) is 38.5 Å². The van der Waals surface area contributed by atoms with Crippen molar-refractivity contribution in [3.05, 3.63) is 22.4 Å². The second kappa shape index (κ2) is 7.97. The van der Waals surface area contributed by atoms with Crippen molar-refractivity contribution in [2.45, 2.75) is 45.7 Å². The molecule has 22 heavy (non-hydrogen) atoms. The molecule has 4 nitrogen and oxygen atoms in total. The predicted octanol–water partition coefficient (Wildman–Crippen LogP) is 2.92. The molecule has 0 bridgehead atoms. The van der Waals surface area contributed by atoms with Crippen LogP contribution in [0.15, 0.2) is 22.5 Å². The number of aliphatic imine (C=N–C) groups is 1. The third-order valence-electron chi connectivity index (χ3n) is 3.94. The number of thiophene rings is 1. The van der Waals surface area contributed by atoms with Gasteiger partial charge in [0.15, 0.2) is 5.96 Å². The summed E-state index contributed by atoms with van der Waals surface area (Å²) in [5.74, 6) is 1.66. The Kier molecular flexibility index (Phi) is 6.26. The Bertz CT molecular complexity index is 454. The number of likely N-dealkylation sites (tertiary alicyclic amines) is 1. The number of nitrogens with one attached hydrogen (secondary N) is 2. The largest absolute Gasteiger partial charge is 0.356 e. The number of hydrogen-bond acceptors (Lipinski definition) is 3. The Labute approximate surface area is 139 Å². The average molecular weight is 323 g/mol. The second-order valence-electron chi connectivity index (χ2n) is 7.13. The molecule has 5 heteroatoms. The zero-order chi connectivity index (χ0) is 16.0. The Hall–Kier alpha value is -1.07. The first-order valence-corrected chi connectivity index (χ1v) is 9.08. The van der Waals surface area contributed by atoms with Crippen LogP contribution in [-0.2, 0) is 6.54 Å². The minimum absolute atomic E-state index is 0.0475. The van der Waals surface area contributed by atoms with Gasteiger partial charge in [0.1, 0.15) is 0 Å². The number of rotatable bonds is 4. The predicted molar refractivity (Wildman–Crippen MR) is 96.6 cm³/mol. The van der Waals surface area contributed by atoms with Crippen molar-refractivity contribution < 1.29 is 0 Å². The van der Waals surface area contributed by atoms with Gasteiger partial charge in [-0.25, -0.2) is 0 Å². The number of nitrogens with zero attached hydrogens (tertiary/aromatic N) is 2. The molecule has 0 saturated carbocycles. The fraction of sp³-hybridized carbons (Fsp3) is 0.706. The highest BCUT2D eigenvalue weighted by molar-refractivity contribution is 7.09. The summed E-state index contributed by atoms with van der Waals surface area (Å²) in [6, 6.07) is 4.38. The van der Waals surface area contributed by atoms with Gasteiger partial charge in [0.2, 0.25) is 0 Å².